The number of aliphatic hydroxyl groups excluding tert-OH is 1. The Kier molecular flexibility index (Phi) is 3.02. The number of ketones is 1. The van der Waals surface area contributed by atoms with Crippen LogP contribution in [0.4, 0.5) is 0 Å². The van der Waals surface area contributed by atoms with E-state index in [2.05, 4.69) is 0 Å². The highest BCUT2D eigenvalue weighted by molar-refractivity contribution is 5.77. The smallest absolute Gasteiger partial charge is 0.143 e. The Hall–Kier alpha value is -0.410. The molecule has 0 saturated carbocycles. The van der Waals surface area contributed by atoms with Gasteiger partial charge in [0.1, 0.15) is 5.78 Å². The van der Waals surface area contributed by atoms with Gasteiger partial charge < -0.3 is 5.11 Å². The molecule has 0 amide bonds. The van der Waals surface area contributed by atoms with E-state index in [1.54, 1.807) is 6.92 Å². The fraction of sp³-hybridized carbons (Fsp3) is 0.875. The number of carbonyl (C=O) groups is 1. The molecule has 0 aromatic rings. The Morgan fingerprint density at radius 2 is 2.45 bits per heavy atom. The molecule has 1 aliphatic heterocycles. The number of Topliss-reactive ketones (excluding diaryl/α,β-unsaturated/α-hetero) is 1. The second kappa shape index (κ2) is 3.83. The van der Waals surface area contributed by atoms with Crippen LogP contribution in [0.5, 0.6) is 0 Å². The van der Waals surface area contributed by atoms with E-state index < -0.39 is 0 Å². The first-order chi connectivity index (χ1) is 5.18. The third-order valence-electron chi connectivity index (χ3n) is 1.93. The first kappa shape index (κ1) is 8.68. The summed E-state index contributed by atoms with van der Waals surface area (Å²) in [6.45, 7) is 3.70. The van der Waals surface area contributed by atoms with Crippen LogP contribution in [0.2, 0.25) is 0 Å². The molecule has 1 N–H and O–H groups in total. The lowest BCUT2D eigenvalue weighted by atomic mass is 10.1. The number of likely N-dealkylation sites (tertiary alicyclic amines) is 1. The minimum absolute atomic E-state index is 0.180. The van der Waals surface area contributed by atoms with Crippen molar-refractivity contribution in [2.45, 2.75) is 25.9 Å². The Labute approximate surface area is 67.0 Å². The van der Waals surface area contributed by atoms with Crippen LogP contribution in [-0.4, -0.2) is 41.5 Å². The maximum absolute atomic E-state index is 10.7. The molecule has 0 aliphatic carbocycles. The number of carbonyl (C=O) groups excluding carboxylic acids is 1. The largest absolute Gasteiger partial charge is 0.392 e. The molecule has 0 radical (unpaired) electrons. The Morgan fingerprint density at radius 3 is 3.00 bits per heavy atom. The Bertz CT molecular complexity index is 147. The number of hydrogen-bond acceptors (Lipinski definition) is 3. The maximum Gasteiger partial charge on any atom is 0.143 e. The third kappa shape index (κ3) is 2.99. The van der Waals surface area contributed by atoms with Gasteiger partial charge in [0.25, 0.3) is 0 Å². The van der Waals surface area contributed by atoms with Crippen molar-refractivity contribution in [2.75, 3.05) is 19.6 Å². The van der Waals surface area contributed by atoms with Crippen molar-refractivity contribution in [3.05, 3.63) is 0 Å². The van der Waals surface area contributed by atoms with Crippen LogP contribution in [0.25, 0.3) is 0 Å². The van der Waals surface area contributed by atoms with Gasteiger partial charge in [0.15, 0.2) is 0 Å². The molecule has 1 atom stereocenters. The number of nitrogens with zero attached hydrogens (tertiary/aromatic N) is 1. The summed E-state index contributed by atoms with van der Waals surface area (Å²) in [5.41, 5.74) is 0. The number of β-amino-alcohol motifs (C(OH)–C–C–N with tert-alkyl or cyclic N) is 1. The third-order valence-corrected chi connectivity index (χ3v) is 1.93. The standard InChI is InChI=1S/C8H15NO2/c1-7(10)5-9-4-2-3-8(11)6-9/h8,11H,2-6H2,1H3/t8-/m1/s1. The number of aliphatic hydroxyl groups is 1. The van der Waals surface area contributed by atoms with Crippen LogP contribution in [0.1, 0.15) is 19.8 Å². The van der Waals surface area contributed by atoms with Crippen molar-refractivity contribution in [1.29, 1.82) is 0 Å². The number of rotatable bonds is 2. The van der Waals surface area contributed by atoms with Crippen molar-refractivity contribution in [3.63, 3.8) is 0 Å². The molecule has 0 aromatic carbocycles. The number of piperidine rings is 1. The summed E-state index contributed by atoms with van der Waals surface area (Å²) < 4.78 is 0. The molecule has 0 spiro atoms. The van der Waals surface area contributed by atoms with Crippen molar-refractivity contribution in [1.82, 2.24) is 4.90 Å². The second-order valence-corrected chi connectivity index (χ2v) is 3.23. The van der Waals surface area contributed by atoms with Gasteiger partial charge in [-0.25, -0.2) is 0 Å². The fourth-order valence-electron chi connectivity index (χ4n) is 1.49. The highest BCUT2D eigenvalue weighted by atomic mass is 16.3. The zero-order valence-corrected chi connectivity index (χ0v) is 6.92. The van der Waals surface area contributed by atoms with E-state index in [-0.39, 0.29) is 11.9 Å². The predicted octanol–water partition coefficient (Wildman–Crippen LogP) is 0.0321. The van der Waals surface area contributed by atoms with Gasteiger partial charge in [-0.15, -0.1) is 0 Å². The van der Waals surface area contributed by atoms with Gasteiger partial charge in [-0.1, -0.05) is 0 Å². The molecule has 1 fully saturated rings. The molecule has 64 valence electrons. The molecular formula is C8H15NO2. The molecule has 3 heteroatoms. The summed E-state index contributed by atoms with van der Waals surface area (Å²) in [5, 5.41) is 9.24. The van der Waals surface area contributed by atoms with Crippen molar-refractivity contribution in [2.24, 2.45) is 0 Å². The predicted molar refractivity (Wildman–Crippen MR) is 42.4 cm³/mol. The van der Waals surface area contributed by atoms with E-state index in [4.69, 9.17) is 0 Å². The highest BCUT2D eigenvalue weighted by Gasteiger charge is 2.17. The average Bonchev–Trinajstić information content (AvgIpc) is 1.85. The number of hydrogen-bond donors (Lipinski definition) is 1. The van der Waals surface area contributed by atoms with Gasteiger partial charge in [0, 0.05) is 6.54 Å². The van der Waals surface area contributed by atoms with Crippen molar-refractivity contribution < 1.29 is 9.90 Å². The van der Waals surface area contributed by atoms with E-state index >= 15 is 0 Å². The lowest BCUT2D eigenvalue weighted by molar-refractivity contribution is -0.118. The molecule has 0 unspecified atom stereocenters. The van der Waals surface area contributed by atoms with Crippen LogP contribution in [0.3, 0.4) is 0 Å². The van der Waals surface area contributed by atoms with Crippen LogP contribution < -0.4 is 0 Å². The SMILES string of the molecule is CC(=O)CN1CCC[C@@H](O)C1. The molecule has 1 saturated heterocycles. The van der Waals surface area contributed by atoms with E-state index in [1.807, 2.05) is 4.90 Å². The van der Waals surface area contributed by atoms with E-state index in [1.165, 1.54) is 0 Å². The molecule has 3 nitrogen and oxygen atoms in total. The molecule has 11 heavy (non-hydrogen) atoms. The first-order valence-corrected chi connectivity index (χ1v) is 4.08. The lowest BCUT2D eigenvalue weighted by Gasteiger charge is -2.28. The Balaban J connectivity index is 2.28. The maximum atomic E-state index is 10.7. The van der Waals surface area contributed by atoms with Gasteiger partial charge in [-0.05, 0) is 26.3 Å². The minimum atomic E-state index is -0.219. The van der Waals surface area contributed by atoms with Crippen LogP contribution in [-0.2, 0) is 4.79 Å². The van der Waals surface area contributed by atoms with Crippen molar-refractivity contribution in [3.8, 4) is 0 Å². The van der Waals surface area contributed by atoms with Gasteiger partial charge in [-0.3, -0.25) is 9.69 Å². The average molecular weight is 157 g/mol. The Morgan fingerprint density at radius 1 is 1.73 bits per heavy atom. The van der Waals surface area contributed by atoms with E-state index in [0.29, 0.717) is 13.1 Å². The summed E-state index contributed by atoms with van der Waals surface area (Å²) in [6.07, 6.45) is 1.67. The van der Waals surface area contributed by atoms with Gasteiger partial charge in [-0.2, -0.15) is 0 Å². The lowest BCUT2D eigenvalue weighted by Crippen LogP contribution is -2.40. The molecular weight excluding hydrogens is 142 g/mol. The molecule has 1 aliphatic rings. The zero-order valence-electron chi connectivity index (χ0n) is 6.92. The fourth-order valence-corrected chi connectivity index (χ4v) is 1.49. The van der Waals surface area contributed by atoms with Crippen LogP contribution in [0.15, 0.2) is 0 Å². The normalized spacial score (nSPS) is 26.9. The molecule has 1 rings (SSSR count). The summed E-state index contributed by atoms with van der Waals surface area (Å²) >= 11 is 0. The molecule has 0 aromatic heterocycles. The minimum Gasteiger partial charge on any atom is -0.392 e. The monoisotopic (exact) mass is 157 g/mol. The zero-order chi connectivity index (χ0) is 8.27. The van der Waals surface area contributed by atoms with Gasteiger partial charge >= 0.3 is 0 Å². The highest BCUT2D eigenvalue weighted by Crippen LogP contribution is 2.08. The molecule has 1 heterocycles. The molecule has 0 bridgehead atoms. The summed E-state index contributed by atoms with van der Waals surface area (Å²) in [7, 11) is 0. The summed E-state index contributed by atoms with van der Waals surface area (Å²) in [4.78, 5) is 12.7. The summed E-state index contributed by atoms with van der Waals surface area (Å²) in [5.74, 6) is 0.180. The van der Waals surface area contributed by atoms with Crippen LogP contribution >= 0.6 is 0 Å². The van der Waals surface area contributed by atoms with Crippen molar-refractivity contribution >= 4 is 5.78 Å². The first-order valence-electron chi connectivity index (χ1n) is 4.08. The van der Waals surface area contributed by atoms with E-state index in [9.17, 15) is 9.90 Å². The van der Waals surface area contributed by atoms with Gasteiger partial charge in [0.05, 0.1) is 12.6 Å². The summed E-state index contributed by atoms with van der Waals surface area (Å²) in [6, 6.07) is 0. The second-order valence-electron chi connectivity index (χ2n) is 3.23. The van der Waals surface area contributed by atoms with E-state index in [0.717, 1.165) is 19.4 Å². The quantitative estimate of drug-likeness (QED) is 0.615. The topological polar surface area (TPSA) is 40.5 Å². The van der Waals surface area contributed by atoms with Crippen LogP contribution in [0, 0.1) is 0 Å². The van der Waals surface area contributed by atoms with Gasteiger partial charge in [0.2, 0.25) is 0 Å².